The van der Waals surface area contributed by atoms with Gasteiger partial charge < -0.3 is 10.2 Å². The van der Waals surface area contributed by atoms with Gasteiger partial charge in [-0.15, -0.1) is 0 Å². The van der Waals surface area contributed by atoms with Crippen LogP contribution in [0.4, 0.5) is 0 Å². The monoisotopic (exact) mass is 439 g/mol. The first-order valence-corrected chi connectivity index (χ1v) is 10.9. The van der Waals surface area contributed by atoms with Gasteiger partial charge in [-0.3, -0.25) is 0 Å². The van der Waals surface area contributed by atoms with E-state index in [1.807, 2.05) is 24.3 Å². The highest BCUT2D eigenvalue weighted by molar-refractivity contribution is 5.75. The number of benzene rings is 2. The van der Waals surface area contributed by atoms with E-state index in [2.05, 4.69) is 95.2 Å². The van der Waals surface area contributed by atoms with E-state index in [1.165, 1.54) is 11.1 Å². The van der Waals surface area contributed by atoms with E-state index in [-0.39, 0.29) is 39.0 Å². The molecular formula is C28H44AlO2. The Hall–Kier alpha value is -1.43. The van der Waals surface area contributed by atoms with Crippen molar-refractivity contribution in [3.63, 3.8) is 0 Å². The fourth-order valence-electron chi connectivity index (χ4n) is 3.26. The maximum Gasteiger partial charge on any atom is 0.119 e. The Morgan fingerprint density at radius 3 is 0.871 bits per heavy atom. The molecule has 0 amide bonds. The standard InChI is InChI=1S/2C14H22O.Al/c2*1-13(2,3)10-7-8-11(12(15)9-10)14(4,5)6;/h2*7-9,15H,1-6H3;. The molecule has 0 spiro atoms. The van der Waals surface area contributed by atoms with E-state index >= 15 is 0 Å². The van der Waals surface area contributed by atoms with Crippen molar-refractivity contribution in [2.75, 3.05) is 0 Å². The highest BCUT2D eigenvalue weighted by Gasteiger charge is 2.22. The van der Waals surface area contributed by atoms with Crippen molar-refractivity contribution in [1.29, 1.82) is 0 Å². The van der Waals surface area contributed by atoms with Gasteiger partial charge in [0.05, 0.1) is 0 Å². The van der Waals surface area contributed by atoms with Crippen LogP contribution in [-0.4, -0.2) is 27.6 Å². The minimum atomic E-state index is 0. The fraction of sp³-hybridized carbons (Fsp3) is 0.571. The molecule has 0 fully saturated rings. The van der Waals surface area contributed by atoms with E-state index in [1.54, 1.807) is 0 Å². The Morgan fingerprint density at radius 1 is 0.452 bits per heavy atom. The lowest BCUT2D eigenvalue weighted by Crippen LogP contribution is -2.14. The second-order valence-corrected chi connectivity index (χ2v) is 12.5. The van der Waals surface area contributed by atoms with E-state index in [9.17, 15) is 10.2 Å². The number of phenolic OH excluding ortho intramolecular Hbond substituents is 2. The zero-order valence-electron chi connectivity index (χ0n) is 21.9. The molecule has 0 saturated carbocycles. The molecule has 0 aromatic heterocycles. The molecule has 0 heterocycles. The highest BCUT2D eigenvalue weighted by Crippen LogP contribution is 2.35. The molecule has 0 aliphatic carbocycles. The average molecular weight is 440 g/mol. The van der Waals surface area contributed by atoms with E-state index < -0.39 is 0 Å². The van der Waals surface area contributed by atoms with Crippen molar-refractivity contribution >= 4 is 17.4 Å². The molecular weight excluding hydrogens is 395 g/mol. The number of rotatable bonds is 0. The molecule has 31 heavy (non-hydrogen) atoms. The van der Waals surface area contributed by atoms with Crippen LogP contribution < -0.4 is 0 Å². The molecule has 2 rings (SSSR count). The van der Waals surface area contributed by atoms with Gasteiger partial charge in [-0.05, 0) is 56.0 Å². The van der Waals surface area contributed by atoms with Crippen LogP contribution in [0, 0.1) is 0 Å². The lowest BCUT2D eigenvalue weighted by molar-refractivity contribution is 0.442. The molecule has 0 bridgehead atoms. The van der Waals surface area contributed by atoms with Gasteiger partial charge in [0.15, 0.2) is 0 Å². The number of phenols is 2. The molecule has 0 atom stereocenters. The summed E-state index contributed by atoms with van der Waals surface area (Å²) >= 11 is 0. The zero-order chi connectivity index (χ0) is 23.7. The van der Waals surface area contributed by atoms with Gasteiger partial charge in [0, 0.05) is 17.4 Å². The lowest BCUT2D eigenvalue weighted by Gasteiger charge is -2.24. The SMILES string of the molecule is CC(C)(C)c1ccc(C(C)(C)C)c(O)c1.CC(C)(C)c1ccc(C(C)(C)C)c(O)c1.[Al]. The summed E-state index contributed by atoms with van der Waals surface area (Å²) < 4.78 is 0. The Bertz CT molecular complexity index is 781. The first-order valence-electron chi connectivity index (χ1n) is 10.9. The summed E-state index contributed by atoms with van der Waals surface area (Å²) in [5.74, 6) is 0.824. The number of aromatic hydroxyl groups is 2. The van der Waals surface area contributed by atoms with Gasteiger partial charge in [0.1, 0.15) is 11.5 Å². The summed E-state index contributed by atoms with van der Waals surface area (Å²) in [6, 6.07) is 12.1. The maximum atomic E-state index is 9.99. The minimum absolute atomic E-state index is 0. The molecule has 0 saturated heterocycles. The summed E-state index contributed by atoms with van der Waals surface area (Å²) in [4.78, 5) is 0. The van der Waals surface area contributed by atoms with Crippen LogP contribution in [0.1, 0.15) is 105 Å². The molecule has 2 N–H and O–H groups in total. The summed E-state index contributed by atoms with van der Waals surface area (Å²) in [7, 11) is 0. The van der Waals surface area contributed by atoms with Crippen molar-refractivity contribution in [3.05, 3.63) is 58.7 Å². The Kier molecular flexibility index (Phi) is 9.55. The Labute approximate surface area is 202 Å². The van der Waals surface area contributed by atoms with Crippen LogP contribution >= 0.6 is 0 Å². The van der Waals surface area contributed by atoms with E-state index in [0.717, 1.165) is 11.1 Å². The molecule has 0 aliphatic rings. The van der Waals surface area contributed by atoms with Gasteiger partial charge in [-0.1, -0.05) is 107 Å². The lowest BCUT2D eigenvalue weighted by atomic mass is 9.81. The first kappa shape index (κ1) is 29.6. The van der Waals surface area contributed by atoms with Crippen LogP contribution in [0.25, 0.3) is 0 Å². The van der Waals surface area contributed by atoms with Crippen LogP contribution in [-0.2, 0) is 21.7 Å². The van der Waals surface area contributed by atoms with E-state index in [4.69, 9.17) is 0 Å². The van der Waals surface area contributed by atoms with Gasteiger partial charge in [-0.25, -0.2) is 0 Å². The second-order valence-electron chi connectivity index (χ2n) is 12.5. The zero-order valence-corrected chi connectivity index (χ0v) is 23.1. The Morgan fingerprint density at radius 2 is 0.710 bits per heavy atom. The fourth-order valence-corrected chi connectivity index (χ4v) is 3.26. The second kappa shape index (κ2) is 10.0. The average Bonchev–Trinajstić information content (AvgIpc) is 2.51. The first-order chi connectivity index (χ1) is 13.2. The minimum Gasteiger partial charge on any atom is -0.508 e. The Balaban J connectivity index is 0.000000562. The normalized spacial score (nSPS) is 12.5. The van der Waals surface area contributed by atoms with Crippen molar-refractivity contribution in [3.8, 4) is 11.5 Å². The van der Waals surface area contributed by atoms with Crippen LogP contribution in [0.3, 0.4) is 0 Å². The molecule has 2 aromatic rings. The predicted molar refractivity (Wildman–Crippen MR) is 137 cm³/mol. The molecule has 171 valence electrons. The van der Waals surface area contributed by atoms with Crippen LogP contribution in [0.2, 0.25) is 0 Å². The number of hydrogen-bond acceptors (Lipinski definition) is 2. The smallest absolute Gasteiger partial charge is 0.119 e. The third-order valence-corrected chi connectivity index (χ3v) is 5.34. The molecule has 3 heteroatoms. The summed E-state index contributed by atoms with van der Waals surface area (Å²) in [5.41, 5.74) is 4.55. The third-order valence-electron chi connectivity index (χ3n) is 5.34. The highest BCUT2D eigenvalue weighted by atomic mass is 27.0. The van der Waals surface area contributed by atoms with Crippen molar-refractivity contribution in [2.24, 2.45) is 0 Å². The summed E-state index contributed by atoms with van der Waals surface area (Å²) in [6.45, 7) is 25.6. The van der Waals surface area contributed by atoms with Crippen molar-refractivity contribution in [2.45, 2.75) is 105 Å². The third kappa shape index (κ3) is 8.55. The summed E-state index contributed by atoms with van der Waals surface area (Å²) in [6.07, 6.45) is 0. The van der Waals surface area contributed by atoms with Gasteiger partial charge in [0.25, 0.3) is 0 Å². The molecule has 2 nitrogen and oxygen atoms in total. The topological polar surface area (TPSA) is 40.5 Å². The largest absolute Gasteiger partial charge is 0.508 e. The van der Waals surface area contributed by atoms with Crippen LogP contribution in [0.5, 0.6) is 11.5 Å². The molecule has 2 aromatic carbocycles. The quantitative estimate of drug-likeness (QED) is 0.415. The summed E-state index contributed by atoms with van der Waals surface area (Å²) in [5, 5.41) is 20.0. The van der Waals surface area contributed by atoms with Gasteiger partial charge in [-0.2, -0.15) is 0 Å². The molecule has 0 unspecified atom stereocenters. The van der Waals surface area contributed by atoms with Gasteiger partial charge >= 0.3 is 0 Å². The van der Waals surface area contributed by atoms with Crippen LogP contribution in [0.15, 0.2) is 36.4 Å². The molecule has 0 aliphatic heterocycles. The number of hydrogen-bond donors (Lipinski definition) is 2. The molecule has 3 radical (unpaired) electrons. The van der Waals surface area contributed by atoms with Crippen molar-refractivity contribution in [1.82, 2.24) is 0 Å². The van der Waals surface area contributed by atoms with E-state index in [0.29, 0.717) is 11.5 Å². The maximum absolute atomic E-state index is 9.99. The predicted octanol–water partition coefficient (Wildman–Crippen LogP) is 7.59. The van der Waals surface area contributed by atoms with Gasteiger partial charge in [0.2, 0.25) is 0 Å². The van der Waals surface area contributed by atoms with Crippen molar-refractivity contribution < 1.29 is 10.2 Å².